The quantitative estimate of drug-likeness (QED) is 0.664. The van der Waals surface area contributed by atoms with Crippen molar-refractivity contribution < 1.29 is 4.74 Å². The first-order valence-electron chi connectivity index (χ1n) is 8.23. The number of nitrogens with zero attached hydrogens (tertiary/aromatic N) is 2. The molecule has 0 fully saturated rings. The molecule has 0 saturated carbocycles. The molecular weight excluding hydrogens is 354 g/mol. The van der Waals surface area contributed by atoms with Crippen LogP contribution in [0, 0.1) is 13.8 Å². The molecule has 2 rings (SSSR count). The second kappa shape index (κ2) is 9.21. The number of benzene rings is 1. The van der Waals surface area contributed by atoms with Crippen LogP contribution in [0.3, 0.4) is 0 Å². The molecule has 5 heteroatoms. The van der Waals surface area contributed by atoms with Gasteiger partial charge in [-0.25, -0.2) is 4.68 Å². The summed E-state index contributed by atoms with van der Waals surface area (Å²) in [6.45, 7) is 9.78. The van der Waals surface area contributed by atoms with Gasteiger partial charge in [-0.05, 0) is 64.4 Å². The number of nitrogens with one attached hydrogen (secondary N) is 1. The van der Waals surface area contributed by atoms with E-state index >= 15 is 0 Å². The Bertz CT molecular complexity index is 607. The largest absolute Gasteiger partial charge is 0.382 e. The number of aromatic nitrogens is 2. The molecule has 0 unspecified atom stereocenters. The van der Waals surface area contributed by atoms with E-state index in [1.165, 1.54) is 11.3 Å². The van der Waals surface area contributed by atoms with Crippen molar-refractivity contribution in [2.45, 2.75) is 40.2 Å². The molecule has 0 spiro atoms. The van der Waals surface area contributed by atoms with E-state index in [4.69, 9.17) is 9.84 Å². The molecule has 0 atom stereocenters. The van der Waals surface area contributed by atoms with E-state index in [0.717, 1.165) is 55.0 Å². The van der Waals surface area contributed by atoms with Crippen LogP contribution < -0.4 is 5.32 Å². The van der Waals surface area contributed by atoms with Crippen molar-refractivity contribution in [1.29, 1.82) is 0 Å². The fourth-order valence-electron chi connectivity index (χ4n) is 2.58. The summed E-state index contributed by atoms with van der Waals surface area (Å²) in [7, 11) is 0. The summed E-state index contributed by atoms with van der Waals surface area (Å²) in [6, 6.07) is 8.24. The van der Waals surface area contributed by atoms with Crippen molar-refractivity contribution in [2.75, 3.05) is 19.8 Å². The number of hydrogen-bond donors (Lipinski definition) is 1. The van der Waals surface area contributed by atoms with Crippen molar-refractivity contribution in [3.05, 3.63) is 45.7 Å². The summed E-state index contributed by atoms with van der Waals surface area (Å²) in [6.07, 6.45) is 2.25. The smallest absolute Gasteiger partial charge is 0.0649 e. The number of rotatable bonds is 9. The first-order valence-corrected chi connectivity index (χ1v) is 9.02. The van der Waals surface area contributed by atoms with Gasteiger partial charge in [-0.2, -0.15) is 5.10 Å². The zero-order valence-electron chi connectivity index (χ0n) is 14.2. The minimum Gasteiger partial charge on any atom is -0.382 e. The zero-order valence-corrected chi connectivity index (χ0v) is 15.8. The van der Waals surface area contributed by atoms with Crippen LogP contribution in [0.15, 0.2) is 28.7 Å². The van der Waals surface area contributed by atoms with Gasteiger partial charge in [-0.1, -0.05) is 15.9 Å². The Morgan fingerprint density at radius 1 is 1.17 bits per heavy atom. The van der Waals surface area contributed by atoms with E-state index in [-0.39, 0.29) is 0 Å². The molecule has 1 aromatic carbocycles. The lowest BCUT2D eigenvalue weighted by Crippen LogP contribution is -2.16. The predicted octanol–water partition coefficient (Wildman–Crippen LogP) is 4.16. The van der Waals surface area contributed by atoms with Gasteiger partial charge in [0.25, 0.3) is 0 Å². The molecule has 1 aromatic heterocycles. The maximum absolute atomic E-state index is 5.35. The van der Waals surface area contributed by atoms with E-state index in [9.17, 15) is 0 Å². The summed E-state index contributed by atoms with van der Waals surface area (Å²) in [5, 5.41) is 8.21. The van der Waals surface area contributed by atoms with Crippen LogP contribution in [0.5, 0.6) is 0 Å². The number of ether oxygens (including phenoxy) is 1. The molecule has 2 aromatic rings. The van der Waals surface area contributed by atoms with Crippen molar-refractivity contribution in [3.8, 4) is 5.69 Å². The first kappa shape index (κ1) is 18.2. The Kier molecular flexibility index (Phi) is 7.27. The zero-order chi connectivity index (χ0) is 16.7. The highest BCUT2D eigenvalue weighted by atomic mass is 79.9. The molecule has 0 aliphatic carbocycles. The van der Waals surface area contributed by atoms with Crippen LogP contribution in [0.25, 0.3) is 5.69 Å². The normalized spacial score (nSPS) is 11.1. The molecule has 0 bridgehead atoms. The van der Waals surface area contributed by atoms with E-state index in [0.29, 0.717) is 0 Å². The SMILES string of the molecule is CCOCCCCNCc1c(C)nn(-c2ccc(Br)cc2)c1C. The third-order valence-corrected chi connectivity index (χ3v) is 4.44. The highest BCUT2D eigenvalue weighted by Gasteiger charge is 2.12. The van der Waals surface area contributed by atoms with Gasteiger partial charge in [-0.15, -0.1) is 0 Å². The average molecular weight is 380 g/mol. The number of halogens is 1. The van der Waals surface area contributed by atoms with Gasteiger partial charge in [0.15, 0.2) is 0 Å². The van der Waals surface area contributed by atoms with Crippen LogP contribution in [0.1, 0.15) is 36.7 Å². The summed E-state index contributed by atoms with van der Waals surface area (Å²) in [4.78, 5) is 0. The van der Waals surface area contributed by atoms with Gasteiger partial charge in [0.05, 0.1) is 11.4 Å². The lowest BCUT2D eigenvalue weighted by Gasteiger charge is -2.07. The van der Waals surface area contributed by atoms with Crippen LogP contribution in [-0.4, -0.2) is 29.5 Å². The standard InChI is InChI=1S/C18H26BrN3O/c1-4-23-12-6-5-11-20-13-18-14(2)21-22(15(18)3)17-9-7-16(19)8-10-17/h7-10,20H,4-6,11-13H2,1-3H3. The Morgan fingerprint density at radius 2 is 1.91 bits per heavy atom. The molecule has 0 radical (unpaired) electrons. The van der Waals surface area contributed by atoms with Crippen molar-refractivity contribution >= 4 is 15.9 Å². The molecule has 23 heavy (non-hydrogen) atoms. The maximum atomic E-state index is 5.35. The highest BCUT2D eigenvalue weighted by molar-refractivity contribution is 9.10. The second-order valence-electron chi connectivity index (χ2n) is 5.62. The summed E-state index contributed by atoms with van der Waals surface area (Å²) in [5.41, 5.74) is 4.67. The van der Waals surface area contributed by atoms with E-state index in [2.05, 4.69) is 47.2 Å². The molecule has 1 heterocycles. The highest BCUT2D eigenvalue weighted by Crippen LogP contribution is 2.19. The predicted molar refractivity (Wildman–Crippen MR) is 98.2 cm³/mol. The lowest BCUT2D eigenvalue weighted by molar-refractivity contribution is 0.143. The second-order valence-corrected chi connectivity index (χ2v) is 6.53. The molecule has 0 amide bonds. The van der Waals surface area contributed by atoms with Crippen molar-refractivity contribution in [1.82, 2.24) is 15.1 Å². The Balaban J connectivity index is 1.92. The maximum Gasteiger partial charge on any atom is 0.0649 e. The number of aryl methyl sites for hydroxylation is 1. The topological polar surface area (TPSA) is 39.1 Å². The van der Waals surface area contributed by atoms with E-state index in [1.54, 1.807) is 0 Å². The van der Waals surface area contributed by atoms with Gasteiger partial charge in [-0.3, -0.25) is 0 Å². The number of unbranched alkanes of at least 4 members (excludes halogenated alkanes) is 1. The van der Waals surface area contributed by atoms with Crippen molar-refractivity contribution in [3.63, 3.8) is 0 Å². The summed E-state index contributed by atoms with van der Waals surface area (Å²) >= 11 is 3.47. The van der Waals surface area contributed by atoms with Gasteiger partial charge < -0.3 is 10.1 Å². The monoisotopic (exact) mass is 379 g/mol. The molecular formula is C18H26BrN3O. The molecule has 1 N–H and O–H groups in total. The number of hydrogen-bond acceptors (Lipinski definition) is 3. The van der Waals surface area contributed by atoms with Gasteiger partial charge in [0.1, 0.15) is 0 Å². The van der Waals surface area contributed by atoms with Crippen LogP contribution in [-0.2, 0) is 11.3 Å². The van der Waals surface area contributed by atoms with E-state index in [1.807, 2.05) is 23.7 Å². The minimum atomic E-state index is 0.807. The molecule has 0 aliphatic heterocycles. The molecule has 4 nitrogen and oxygen atoms in total. The van der Waals surface area contributed by atoms with E-state index < -0.39 is 0 Å². The Morgan fingerprint density at radius 3 is 2.61 bits per heavy atom. The van der Waals surface area contributed by atoms with Gasteiger partial charge in [0, 0.05) is 35.5 Å². The molecule has 0 aliphatic rings. The van der Waals surface area contributed by atoms with Crippen LogP contribution >= 0.6 is 15.9 Å². The lowest BCUT2D eigenvalue weighted by atomic mass is 10.2. The Hall–Kier alpha value is -1.17. The third-order valence-electron chi connectivity index (χ3n) is 3.91. The molecule has 126 valence electrons. The summed E-state index contributed by atoms with van der Waals surface area (Å²) < 4.78 is 8.45. The fraction of sp³-hybridized carbons (Fsp3) is 0.500. The molecule has 0 saturated heterocycles. The van der Waals surface area contributed by atoms with Gasteiger partial charge >= 0.3 is 0 Å². The van der Waals surface area contributed by atoms with Gasteiger partial charge in [0.2, 0.25) is 0 Å². The minimum absolute atomic E-state index is 0.807. The van der Waals surface area contributed by atoms with Crippen LogP contribution in [0.4, 0.5) is 0 Å². The average Bonchev–Trinajstić information content (AvgIpc) is 2.82. The third kappa shape index (κ3) is 5.16. The van der Waals surface area contributed by atoms with Crippen molar-refractivity contribution in [2.24, 2.45) is 0 Å². The first-order chi connectivity index (χ1) is 11.1. The summed E-state index contributed by atoms with van der Waals surface area (Å²) in [5.74, 6) is 0. The van der Waals surface area contributed by atoms with Crippen LogP contribution in [0.2, 0.25) is 0 Å². The Labute approximate surface area is 147 Å². The fourth-order valence-corrected chi connectivity index (χ4v) is 2.84.